The van der Waals surface area contributed by atoms with E-state index in [4.69, 9.17) is 28.9 Å². The lowest BCUT2D eigenvalue weighted by Gasteiger charge is -2.08. The Morgan fingerprint density at radius 3 is 2.62 bits per heavy atom. The molecule has 1 rings (SSSR count). The molecular weight excluding hydrogens is 221 g/mol. The van der Waals surface area contributed by atoms with Crippen molar-refractivity contribution in [3.05, 3.63) is 22.5 Å². The molecular formula is C7H6Cl2F2N2. The number of anilines is 1. The summed E-state index contributed by atoms with van der Waals surface area (Å²) in [5.74, 6) is -0.00704. The zero-order chi connectivity index (χ0) is 10.0. The molecule has 6 heteroatoms. The Balaban J connectivity index is 3.27. The Hall–Kier alpha value is -0.610. The number of hydrogen-bond donors (Lipinski definition) is 1. The molecule has 0 saturated carbocycles. The molecule has 2 N–H and O–H groups in total. The lowest BCUT2D eigenvalue weighted by Crippen LogP contribution is -2.02. The van der Waals surface area contributed by atoms with Crippen LogP contribution in [-0.4, -0.2) is 4.98 Å². The van der Waals surface area contributed by atoms with Gasteiger partial charge < -0.3 is 5.73 Å². The van der Waals surface area contributed by atoms with Gasteiger partial charge in [0.25, 0.3) is 6.43 Å². The molecule has 0 fully saturated rings. The molecule has 0 radical (unpaired) electrons. The van der Waals surface area contributed by atoms with Crippen LogP contribution in [0.1, 0.15) is 17.7 Å². The van der Waals surface area contributed by atoms with E-state index >= 15 is 0 Å². The molecule has 0 aliphatic carbocycles. The van der Waals surface area contributed by atoms with Gasteiger partial charge in [0.15, 0.2) is 0 Å². The van der Waals surface area contributed by atoms with Crippen LogP contribution in [-0.2, 0) is 5.88 Å². The van der Waals surface area contributed by atoms with E-state index in [1.807, 2.05) is 0 Å². The SMILES string of the molecule is Nc1c(C(F)F)ncc(Cl)c1CCl. The Bertz CT molecular complexity index is 318. The van der Waals surface area contributed by atoms with Gasteiger partial charge >= 0.3 is 0 Å². The normalized spacial score (nSPS) is 10.8. The van der Waals surface area contributed by atoms with Gasteiger partial charge in [-0.25, -0.2) is 8.78 Å². The summed E-state index contributed by atoms with van der Waals surface area (Å²) >= 11 is 11.1. The Morgan fingerprint density at radius 1 is 1.54 bits per heavy atom. The fraction of sp³-hybridized carbons (Fsp3) is 0.286. The second-order valence-electron chi connectivity index (χ2n) is 2.32. The van der Waals surface area contributed by atoms with Crippen molar-refractivity contribution in [2.75, 3.05) is 5.73 Å². The maximum Gasteiger partial charge on any atom is 0.282 e. The number of aromatic nitrogens is 1. The summed E-state index contributed by atoms with van der Waals surface area (Å²) in [5.41, 5.74) is 5.08. The topological polar surface area (TPSA) is 38.9 Å². The maximum absolute atomic E-state index is 12.2. The molecule has 0 amide bonds. The summed E-state index contributed by atoms with van der Waals surface area (Å²) in [6.07, 6.45) is -1.59. The molecule has 2 nitrogen and oxygen atoms in total. The van der Waals surface area contributed by atoms with Gasteiger partial charge in [0.05, 0.1) is 16.6 Å². The van der Waals surface area contributed by atoms with E-state index in [1.54, 1.807) is 0 Å². The number of nitrogens with zero attached hydrogens (tertiary/aromatic N) is 1. The average Bonchev–Trinajstić information content (AvgIpc) is 2.04. The molecule has 0 atom stereocenters. The van der Waals surface area contributed by atoms with Crippen LogP contribution in [0.25, 0.3) is 0 Å². The van der Waals surface area contributed by atoms with Gasteiger partial charge in [0.1, 0.15) is 5.69 Å². The Morgan fingerprint density at radius 2 is 2.15 bits per heavy atom. The fourth-order valence-corrected chi connectivity index (χ4v) is 1.44. The van der Waals surface area contributed by atoms with Crippen LogP contribution in [0.15, 0.2) is 6.20 Å². The molecule has 13 heavy (non-hydrogen) atoms. The van der Waals surface area contributed by atoms with Crippen molar-refractivity contribution in [2.45, 2.75) is 12.3 Å². The minimum atomic E-state index is -2.71. The van der Waals surface area contributed by atoms with Crippen LogP contribution in [0.3, 0.4) is 0 Å². The molecule has 0 unspecified atom stereocenters. The van der Waals surface area contributed by atoms with Gasteiger partial charge in [-0.15, -0.1) is 11.6 Å². The highest BCUT2D eigenvalue weighted by Crippen LogP contribution is 2.30. The zero-order valence-electron chi connectivity index (χ0n) is 6.40. The summed E-state index contributed by atoms with van der Waals surface area (Å²) in [5, 5.41) is 0.205. The lowest BCUT2D eigenvalue weighted by molar-refractivity contribution is 0.147. The van der Waals surface area contributed by atoms with Gasteiger partial charge in [0, 0.05) is 11.8 Å². The van der Waals surface area contributed by atoms with E-state index in [0.29, 0.717) is 5.56 Å². The van der Waals surface area contributed by atoms with Crippen molar-refractivity contribution in [1.82, 2.24) is 4.98 Å². The molecule has 0 bridgehead atoms. The van der Waals surface area contributed by atoms with Crippen molar-refractivity contribution < 1.29 is 8.78 Å². The quantitative estimate of drug-likeness (QED) is 0.788. The van der Waals surface area contributed by atoms with Gasteiger partial charge in [-0.2, -0.15) is 0 Å². The zero-order valence-corrected chi connectivity index (χ0v) is 7.91. The molecule has 1 aromatic rings. The predicted octanol–water partition coefficient (Wildman–Crippen LogP) is 2.99. The monoisotopic (exact) mass is 226 g/mol. The maximum atomic E-state index is 12.2. The van der Waals surface area contributed by atoms with Crippen LogP contribution in [0, 0.1) is 0 Å². The van der Waals surface area contributed by atoms with Crippen molar-refractivity contribution in [1.29, 1.82) is 0 Å². The van der Waals surface area contributed by atoms with Gasteiger partial charge in [-0.3, -0.25) is 4.98 Å². The first kappa shape index (κ1) is 10.5. The standard InChI is InChI=1S/C7H6Cl2F2N2/c8-1-3-4(9)2-13-6(5(3)12)7(10)11/h2,7H,1,12H2. The average molecular weight is 227 g/mol. The van der Waals surface area contributed by atoms with Crippen LogP contribution in [0.4, 0.5) is 14.5 Å². The van der Waals surface area contributed by atoms with Crippen molar-refractivity contribution in [3.63, 3.8) is 0 Å². The Kier molecular flexibility index (Phi) is 3.27. The van der Waals surface area contributed by atoms with E-state index in [9.17, 15) is 8.78 Å². The van der Waals surface area contributed by atoms with Crippen LogP contribution in [0.2, 0.25) is 5.02 Å². The van der Waals surface area contributed by atoms with Gasteiger partial charge in [-0.1, -0.05) is 11.6 Å². The van der Waals surface area contributed by atoms with Crippen LogP contribution < -0.4 is 5.73 Å². The fourth-order valence-electron chi connectivity index (χ4n) is 0.867. The second kappa shape index (κ2) is 4.07. The van der Waals surface area contributed by atoms with Crippen LogP contribution >= 0.6 is 23.2 Å². The third-order valence-electron chi connectivity index (χ3n) is 1.55. The summed E-state index contributed by atoms with van der Waals surface area (Å²) < 4.78 is 24.5. The highest BCUT2D eigenvalue weighted by molar-refractivity contribution is 6.32. The molecule has 1 aromatic heterocycles. The first-order valence-electron chi connectivity index (χ1n) is 3.34. The highest BCUT2D eigenvalue weighted by atomic mass is 35.5. The predicted molar refractivity (Wildman–Crippen MR) is 48.2 cm³/mol. The van der Waals surface area contributed by atoms with Crippen molar-refractivity contribution >= 4 is 28.9 Å². The first-order chi connectivity index (χ1) is 6.07. The summed E-state index contributed by atoms with van der Waals surface area (Å²) in [4.78, 5) is 3.42. The van der Waals surface area contributed by atoms with Gasteiger partial charge in [0.2, 0.25) is 0 Å². The summed E-state index contributed by atoms with van der Waals surface area (Å²) in [6.45, 7) is 0. The van der Waals surface area contributed by atoms with E-state index < -0.39 is 12.1 Å². The molecule has 0 saturated heterocycles. The molecule has 0 aromatic carbocycles. The number of pyridine rings is 1. The number of halogens is 4. The minimum Gasteiger partial charge on any atom is -0.397 e. The number of rotatable bonds is 2. The van der Waals surface area contributed by atoms with Crippen molar-refractivity contribution in [3.8, 4) is 0 Å². The second-order valence-corrected chi connectivity index (χ2v) is 2.99. The number of alkyl halides is 3. The molecule has 1 heterocycles. The molecule has 72 valence electrons. The summed E-state index contributed by atoms with van der Waals surface area (Å²) in [7, 11) is 0. The minimum absolute atomic E-state index is 0.00704. The Labute approximate surface area is 83.7 Å². The van der Waals surface area contributed by atoms with E-state index in [-0.39, 0.29) is 16.6 Å². The highest BCUT2D eigenvalue weighted by Gasteiger charge is 2.17. The van der Waals surface area contributed by atoms with Crippen molar-refractivity contribution in [2.24, 2.45) is 0 Å². The number of nitrogen functional groups attached to an aromatic ring is 1. The van der Waals surface area contributed by atoms with Gasteiger partial charge in [-0.05, 0) is 0 Å². The van der Waals surface area contributed by atoms with Crippen LogP contribution in [0.5, 0.6) is 0 Å². The first-order valence-corrected chi connectivity index (χ1v) is 4.26. The molecule has 0 spiro atoms. The molecule has 0 aliphatic heterocycles. The van der Waals surface area contributed by atoms with E-state index in [0.717, 1.165) is 6.20 Å². The smallest absolute Gasteiger partial charge is 0.282 e. The lowest BCUT2D eigenvalue weighted by atomic mass is 10.2. The largest absolute Gasteiger partial charge is 0.397 e. The number of nitrogens with two attached hydrogens (primary N) is 1. The van der Waals surface area contributed by atoms with E-state index in [1.165, 1.54) is 0 Å². The van der Waals surface area contributed by atoms with E-state index in [2.05, 4.69) is 4.98 Å². The molecule has 0 aliphatic rings. The summed E-state index contributed by atoms with van der Waals surface area (Å²) in [6, 6.07) is 0. The third kappa shape index (κ3) is 2.00. The third-order valence-corrected chi connectivity index (χ3v) is 2.14. The number of hydrogen-bond acceptors (Lipinski definition) is 2.